The third-order valence-corrected chi connectivity index (χ3v) is 4.92. The summed E-state index contributed by atoms with van der Waals surface area (Å²) in [6.07, 6.45) is 5.31. The fourth-order valence-corrected chi connectivity index (χ4v) is 2.86. The fraction of sp³-hybridized carbons (Fsp3) is 0.929. The molecular weight excluding hydrogens is 212 g/mol. The van der Waals surface area contributed by atoms with Gasteiger partial charge in [-0.2, -0.15) is 0 Å². The Balaban J connectivity index is 1.96. The van der Waals surface area contributed by atoms with E-state index in [0.717, 1.165) is 38.0 Å². The van der Waals surface area contributed by atoms with Gasteiger partial charge in [0.25, 0.3) is 0 Å². The Morgan fingerprint density at radius 1 is 1.35 bits per heavy atom. The summed E-state index contributed by atoms with van der Waals surface area (Å²) in [5, 5.41) is 3.20. The number of hydrogen-bond acceptors (Lipinski definition) is 2. The van der Waals surface area contributed by atoms with Gasteiger partial charge in [0.05, 0.1) is 5.41 Å². The van der Waals surface area contributed by atoms with Crippen molar-refractivity contribution >= 4 is 5.91 Å². The number of carbonyl (C=O) groups excluding carboxylic acids is 1. The molecule has 1 atom stereocenters. The van der Waals surface area contributed by atoms with Gasteiger partial charge in [0, 0.05) is 12.6 Å². The average Bonchev–Trinajstić information content (AvgIpc) is 2.87. The van der Waals surface area contributed by atoms with Crippen molar-refractivity contribution < 1.29 is 4.79 Å². The Bertz CT molecular complexity index is 303. The molecule has 2 aliphatic carbocycles. The second kappa shape index (κ2) is 4.27. The maximum absolute atomic E-state index is 12.4. The van der Waals surface area contributed by atoms with Gasteiger partial charge in [-0.25, -0.2) is 0 Å². The highest BCUT2D eigenvalue weighted by Gasteiger charge is 2.49. The second-order valence-corrected chi connectivity index (χ2v) is 6.89. The standard InChI is InChI=1S/C14H26N2O/c1-10-4-6-14(9-15,7-5-10)12(17)16-11-8-13(11,2)3/h10-11H,4-9,15H2,1-3H3,(H,16,17). The molecule has 0 aromatic heterocycles. The lowest BCUT2D eigenvalue weighted by Crippen LogP contribution is -2.49. The first-order chi connectivity index (χ1) is 7.89. The van der Waals surface area contributed by atoms with Crippen LogP contribution in [0.4, 0.5) is 0 Å². The van der Waals surface area contributed by atoms with Crippen LogP contribution in [-0.4, -0.2) is 18.5 Å². The zero-order chi connectivity index (χ0) is 12.7. The number of nitrogens with two attached hydrogens (primary N) is 1. The first kappa shape index (κ1) is 12.9. The van der Waals surface area contributed by atoms with Crippen LogP contribution in [0.15, 0.2) is 0 Å². The van der Waals surface area contributed by atoms with Crippen molar-refractivity contribution in [1.82, 2.24) is 5.32 Å². The van der Waals surface area contributed by atoms with E-state index in [0.29, 0.717) is 18.0 Å². The average molecular weight is 238 g/mol. The topological polar surface area (TPSA) is 55.1 Å². The highest BCUT2D eigenvalue weighted by Crippen LogP contribution is 2.46. The third kappa shape index (κ3) is 2.49. The molecule has 3 nitrogen and oxygen atoms in total. The molecule has 0 saturated heterocycles. The van der Waals surface area contributed by atoms with Gasteiger partial charge in [-0.05, 0) is 43.4 Å². The van der Waals surface area contributed by atoms with Crippen molar-refractivity contribution in [3.05, 3.63) is 0 Å². The van der Waals surface area contributed by atoms with E-state index in [-0.39, 0.29) is 11.3 Å². The highest BCUT2D eigenvalue weighted by molar-refractivity contribution is 5.83. The minimum absolute atomic E-state index is 0.211. The third-order valence-electron chi connectivity index (χ3n) is 4.92. The highest BCUT2D eigenvalue weighted by atomic mass is 16.2. The molecule has 1 unspecified atom stereocenters. The van der Waals surface area contributed by atoms with E-state index in [1.807, 2.05) is 0 Å². The van der Waals surface area contributed by atoms with Crippen LogP contribution in [0.5, 0.6) is 0 Å². The summed E-state index contributed by atoms with van der Waals surface area (Å²) >= 11 is 0. The molecule has 0 aromatic carbocycles. The maximum atomic E-state index is 12.4. The predicted molar refractivity (Wildman–Crippen MR) is 69.4 cm³/mol. The van der Waals surface area contributed by atoms with Gasteiger partial charge < -0.3 is 11.1 Å². The molecule has 2 saturated carbocycles. The summed E-state index contributed by atoms with van der Waals surface area (Å²) in [6.45, 7) is 7.17. The van der Waals surface area contributed by atoms with Gasteiger partial charge in [-0.3, -0.25) is 4.79 Å². The number of carbonyl (C=O) groups is 1. The molecule has 98 valence electrons. The monoisotopic (exact) mass is 238 g/mol. The number of amides is 1. The van der Waals surface area contributed by atoms with Crippen molar-refractivity contribution in [2.45, 2.75) is 58.9 Å². The zero-order valence-corrected chi connectivity index (χ0v) is 11.4. The van der Waals surface area contributed by atoms with Gasteiger partial charge in [0.2, 0.25) is 5.91 Å². The summed E-state index contributed by atoms with van der Waals surface area (Å²) < 4.78 is 0. The van der Waals surface area contributed by atoms with E-state index < -0.39 is 0 Å². The van der Waals surface area contributed by atoms with Gasteiger partial charge >= 0.3 is 0 Å². The quantitative estimate of drug-likeness (QED) is 0.790. The number of nitrogens with one attached hydrogen (secondary N) is 1. The van der Waals surface area contributed by atoms with Crippen LogP contribution in [0.3, 0.4) is 0 Å². The van der Waals surface area contributed by atoms with Crippen molar-refractivity contribution in [1.29, 1.82) is 0 Å². The van der Waals surface area contributed by atoms with Gasteiger partial charge in [-0.1, -0.05) is 20.8 Å². The molecule has 1 amide bonds. The molecule has 3 N–H and O–H groups in total. The molecule has 0 aromatic rings. The molecule has 2 aliphatic rings. The molecule has 0 spiro atoms. The first-order valence-electron chi connectivity index (χ1n) is 6.91. The van der Waals surface area contributed by atoms with Crippen LogP contribution in [0.1, 0.15) is 52.9 Å². The summed E-state index contributed by atoms with van der Waals surface area (Å²) in [7, 11) is 0. The molecule has 2 rings (SSSR count). The summed E-state index contributed by atoms with van der Waals surface area (Å²) in [4.78, 5) is 12.4. The lowest BCUT2D eigenvalue weighted by Gasteiger charge is -2.37. The van der Waals surface area contributed by atoms with Crippen LogP contribution in [0, 0.1) is 16.7 Å². The molecule has 2 fully saturated rings. The van der Waals surface area contributed by atoms with Gasteiger partial charge in [0.15, 0.2) is 0 Å². The first-order valence-corrected chi connectivity index (χ1v) is 6.91. The number of hydrogen-bond donors (Lipinski definition) is 2. The van der Waals surface area contributed by atoms with Crippen LogP contribution in [-0.2, 0) is 4.79 Å². The molecular formula is C14H26N2O. The zero-order valence-electron chi connectivity index (χ0n) is 11.4. The van der Waals surface area contributed by atoms with E-state index in [9.17, 15) is 4.79 Å². The largest absolute Gasteiger partial charge is 0.352 e. The van der Waals surface area contributed by atoms with Crippen molar-refractivity contribution in [2.24, 2.45) is 22.5 Å². The predicted octanol–water partition coefficient (Wildman–Crippen LogP) is 2.06. The van der Waals surface area contributed by atoms with E-state index in [1.54, 1.807) is 0 Å². The molecule has 17 heavy (non-hydrogen) atoms. The van der Waals surface area contributed by atoms with E-state index >= 15 is 0 Å². The van der Waals surface area contributed by atoms with Crippen LogP contribution in [0.25, 0.3) is 0 Å². The van der Waals surface area contributed by atoms with Crippen molar-refractivity contribution in [3.63, 3.8) is 0 Å². The molecule has 3 heteroatoms. The second-order valence-electron chi connectivity index (χ2n) is 6.89. The van der Waals surface area contributed by atoms with E-state index in [1.165, 1.54) is 0 Å². The number of rotatable bonds is 3. The van der Waals surface area contributed by atoms with E-state index in [4.69, 9.17) is 5.73 Å². The molecule has 0 aliphatic heterocycles. The fourth-order valence-electron chi connectivity index (χ4n) is 2.86. The van der Waals surface area contributed by atoms with Crippen molar-refractivity contribution in [3.8, 4) is 0 Å². The Morgan fingerprint density at radius 3 is 2.29 bits per heavy atom. The van der Waals surface area contributed by atoms with Crippen LogP contribution in [0.2, 0.25) is 0 Å². The Kier molecular flexibility index (Phi) is 3.23. The van der Waals surface area contributed by atoms with Crippen LogP contribution >= 0.6 is 0 Å². The van der Waals surface area contributed by atoms with Crippen LogP contribution < -0.4 is 11.1 Å². The summed E-state index contributed by atoms with van der Waals surface area (Å²) in [5.41, 5.74) is 5.91. The normalized spacial score (nSPS) is 39.8. The molecule has 0 radical (unpaired) electrons. The van der Waals surface area contributed by atoms with Gasteiger partial charge in [0.1, 0.15) is 0 Å². The maximum Gasteiger partial charge on any atom is 0.227 e. The summed E-state index contributed by atoms with van der Waals surface area (Å²) in [5.74, 6) is 0.960. The minimum atomic E-state index is -0.273. The Labute approximate surface area is 105 Å². The SMILES string of the molecule is CC1CCC(CN)(C(=O)NC2CC2(C)C)CC1. The lowest BCUT2D eigenvalue weighted by atomic mass is 9.70. The molecule has 0 heterocycles. The summed E-state index contributed by atoms with van der Waals surface area (Å²) in [6, 6.07) is 0.373. The Morgan fingerprint density at radius 2 is 1.88 bits per heavy atom. The van der Waals surface area contributed by atoms with Crippen molar-refractivity contribution in [2.75, 3.05) is 6.54 Å². The van der Waals surface area contributed by atoms with Gasteiger partial charge in [-0.15, -0.1) is 0 Å². The Hall–Kier alpha value is -0.570. The minimum Gasteiger partial charge on any atom is -0.352 e. The van der Waals surface area contributed by atoms with E-state index in [2.05, 4.69) is 26.1 Å². The molecule has 0 bridgehead atoms. The lowest BCUT2D eigenvalue weighted by molar-refractivity contribution is -0.133. The smallest absolute Gasteiger partial charge is 0.227 e.